The van der Waals surface area contributed by atoms with Crippen molar-refractivity contribution in [3.8, 4) is 5.75 Å². The second-order valence-corrected chi connectivity index (χ2v) is 13.0. The molecule has 0 fully saturated rings. The van der Waals surface area contributed by atoms with Crippen molar-refractivity contribution in [3.05, 3.63) is 93.5 Å². The number of methoxy groups -OCH3 is 1. The first-order valence-corrected chi connectivity index (χ1v) is 16.1. The van der Waals surface area contributed by atoms with Crippen LogP contribution in [0, 0.1) is 6.92 Å². The molecule has 0 aliphatic rings. The zero-order chi connectivity index (χ0) is 31.0. The Morgan fingerprint density at radius 1 is 0.976 bits per heavy atom. The Morgan fingerprint density at radius 3 is 2.26 bits per heavy atom. The lowest BCUT2D eigenvalue weighted by molar-refractivity contribution is -0.140. The standard InChI is InChI=1S/C31H37Cl2N3O5S/c1-6-22(3)34-31(38)28(18-23-10-8-7-9-11-23)35(19-24-13-14-25(32)26(33)17-24)30(37)20-36(42(5,39)40)27-16-21(2)12-15-29(27)41-4/h7-17,22,28H,6,18-20H2,1-5H3,(H,34,38)/t22-,28+/m0/s1. The quantitative estimate of drug-likeness (QED) is 0.263. The predicted molar refractivity (Wildman–Crippen MR) is 169 cm³/mol. The molecule has 0 unspecified atom stereocenters. The van der Waals surface area contributed by atoms with Gasteiger partial charge in [-0.1, -0.05) is 72.6 Å². The number of hydrogen-bond acceptors (Lipinski definition) is 5. The van der Waals surface area contributed by atoms with Gasteiger partial charge in [0.15, 0.2) is 0 Å². The number of nitrogens with one attached hydrogen (secondary N) is 1. The summed E-state index contributed by atoms with van der Waals surface area (Å²) in [6, 6.07) is 18.3. The normalized spacial score (nSPS) is 12.7. The lowest BCUT2D eigenvalue weighted by atomic mass is 10.0. The van der Waals surface area contributed by atoms with E-state index in [1.165, 1.54) is 12.0 Å². The molecule has 0 heterocycles. The Morgan fingerprint density at radius 2 is 1.67 bits per heavy atom. The molecule has 3 aromatic rings. The van der Waals surface area contributed by atoms with E-state index in [0.717, 1.165) is 21.7 Å². The molecule has 0 bridgehead atoms. The summed E-state index contributed by atoms with van der Waals surface area (Å²) in [7, 11) is -2.51. The van der Waals surface area contributed by atoms with Gasteiger partial charge in [-0.2, -0.15) is 0 Å². The third kappa shape index (κ3) is 8.86. The second kappa shape index (κ2) is 14.8. The maximum absolute atomic E-state index is 14.2. The van der Waals surface area contributed by atoms with E-state index in [0.29, 0.717) is 27.8 Å². The van der Waals surface area contributed by atoms with Crippen LogP contribution in [0.1, 0.15) is 37.0 Å². The van der Waals surface area contributed by atoms with Crippen molar-refractivity contribution in [2.24, 2.45) is 0 Å². The maximum atomic E-state index is 14.2. The van der Waals surface area contributed by atoms with Crippen LogP contribution in [-0.4, -0.2) is 57.1 Å². The number of hydrogen-bond donors (Lipinski definition) is 1. The van der Waals surface area contributed by atoms with Gasteiger partial charge in [-0.3, -0.25) is 13.9 Å². The number of sulfonamides is 1. The molecule has 0 saturated carbocycles. The Kier molecular flexibility index (Phi) is 11.7. The molecule has 226 valence electrons. The van der Waals surface area contributed by atoms with Gasteiger partial charge < -0.3 is 15.0 Å². The van der Waals surface area contributed by atoms with Gasteiger partial charge in [-0.15, -0.1) is 0 Å². The maximum Gasteiger partial charge on any atom is 0.244 e. The topological polar surface area (TPSA) is 96.0 Å². The van der Waals surface area contributed by atoms with E-state index in [2.05, 4.69) is 5.32 Å². The zero-order valence-corrected chi connectivity index (χ0v) is 26.8. The van der Waals surface area contributed by atoms with Gasteiger partial charge in [0, 0.05) is 19.0 Å². The number of ether oxygens (including phenoxy) is 1. The van der Waals surface area contributed by atoms with Crippen molar-refractivity contribution in [2.45, 2.75) is 52.2 Å². The van der Waals surface area contributed by atoms with E-state index in [-0.39, 0.29) is 30.6 Å². The van der Waals surface area contributed by atoms with Crippen LogP contribution in [0.4, 0.5) is 5.69 Å². The summed E-state index contributed by atoms with van der Waals surface area (Å²) in [4.78, 5) is 29.4. The molecule has 0 spiro atoms. The van der Waals surface area contributed by atoms with Crippen molar-refractivity contribution in [2.75, 3.05) is 24.2 Å². The first-order valence-electron chi connectivity index (χ1n) is 13.5. The minimum Gasteiger partial charge on any atom is -0.495 e. The van der Waals surface area contributed by atoms with Crippen molar-refractivity contribution in [1.82, 2.24) is 10.2 Å². The van der Waals surface area contributed by atoms with Crippen molar-refractivity contribution in [3.63, 3.8) is 0 Å². The minimum absolute atomic E-state index is 0.0102. The summed E-state index contributed by atoms with van der Waals surface area (Å²) in [6.45, 7) is 5.09. The lowest BCUT2D eigenvalue weighted by Gasteiger charge is -2.34. The first kappa shape index (κ1) is 33.2. The minimum atomic E-state index is -3.94. The van der Waals surface area contributed by atoms with Crippen LogP contribution in [0.5, 0.6) is 5.75 Å². The third-order valence-electron chi connectivity index (χ3n) is 6.89. The van der Waals surface area contributed by atoms with Gasteiger partial charge in [0.25, 0.3) is 0 Å². The number of amides is 2. The van der Waals surface area contributed by atoms with Crippen molar-refractivity contribution >= 4 is 50.7 Å². The van der Waals surface area contributed by atoms with Crippen LogP contribution in [0.15, 0.2) is 66.7 Å². The Balaban J connectivity index is 2.12. The van der Waals surface area contributed by atoms with Crippen molar-refractivity contribution in [1.29, 1.82) is 0 Å². The Bertz CT molecular complexity index is 1500. The van der Waals surface area contributed by atoms with Crippen LogP contribution in [0.2, 0.25) is 10.0 Å². The molecule has 11 heteroatoms. The van der Waals surface area contributed by atoms with Crippen LogP contribution in [-0.2, 0) is 32.6 Å². The lowest BCUT2D eigenvalue weighted by Crippen LogP contribution is -2.54. The molecule has 3 rings (SSSR count). The predicted octanol–water partition coefficient (Wildman–Crippen LogP) is 5.63. The average Bonchev–Trinajstić information content (AvgIpc) is 2.95. The number of anilines is 1. The van der Waals surface area contributed by atoms with Crippen LogP contribution in [0.25, 0.3) is 0 Å². The summed E-state index contributed by atoms with van der Waals surface area (Å²) in [5.74, 6) is -0.624. The number of carbonyl (C=O) groups excluding carboxylic acids is 2. The molecule has 0 saturated heterocycles. The molecule has 0 aliphatic heterocycles. The summed E-state index contributed by atoms with van der Waals surface area (Å²) < 4.78 is 32.6. The number of nitrogens with zero attached hydrogens (tertiary/aromatic N) is 2. The van der Waals surface area contributed by atoms with Crippen LogP contribution in [0.3, 0.4) is 0 Å². The van der Waals surface area contributed by atoms with E-state index in [1.54, 1.807) is 36.4 Å². The first-order chi connectivity index (χ1) is 19.8. The largest absolute Gasteiger partial charge is 0.495 e. The van der Waals surface area contributed by atoms with Gasteiger partial charge >= 0.3 is 0 Å². The number of carbonyl (C=O) groups is 2. The fourth-order valence-electron chi connectivity index (χ4n) is 4.42. The fourth-order valence-corrected chi connectivity index (χ4v) is 5.59. The Hall–Kier alpha value is -3.27. The summed E-state index contributed by atoms with van der Waals surface area (Å²) in [5.41, 5.74) is 2.49. The highest BCUT2D eigenvalue weighted by molar-refractivity contribution is 7.92. The Labute approximate surface area is 258 Å². The molecule has 2 amide bonds. The van der Waals surface area contributed by atoms with Crippen LogP contribution >= 0.6 is 23.2 Å². The molecule has 3 aromatic carbocycles. The summed E-state index contributed by atoms with van der Waals surface area (Å²) >= 11 is 12.4. The molecule has 0 radical (unpaired) electrons. The highest BCUT2D eigenvalue weighted by Gasteiger charge is 2.34. The monoisotopic (exact) mass is 633 g/mol. The van der Waals surface area contributed by atoms with Gasteiger partial charge in [0.1, 0.15) is 18.3 Å². The highest BCUT2D eigenvalue weighted by atomic mass is 35.5. The van der Waals surface area contributed by atoms with E-state index >= 15 is 0 Å². The van der Waals surface area contributed by atoms with E-state index in [1.807, 2.05) is 51.1 Å². The van der Waals surface area contributed by atoms with E-state index < -0.39 is 28.5 Å². The number of rotatable bonds is 13. The zero-order valence-electron chi connectivity index (χ0n) is 24.4. The van der Waals surface area contributed by atoms with E-state index in [4.69, 9.17) is 27.9 Å². The number of halogens is 2. The van der Waals surface area contributed by atoms with Gasteiger partial charge in [0.05, 0.1) is 29.1 Å². The number of benzene rings is 3. The molecule has 2 atom stereocenters. The van der Waals surface area contributed by atoms with Crippen LogP contribution < -0.4 is 14.4 Å². The summed E-state index contributed by atoms with van der Waals surface area (Å²) in [5, 5.41) is 3.65. The van der Waals surface area contributed by atoms with Gasteiger partial charge in [-0.25, -0.2) is 8.42 Å². The highest BCUT2D eigenvalue weighted by Crippen LogP contribution is 2.31. The molecular formula is C31H37Cl2N3O5S. The molecule has 8 nitrogen and oxygen atoms in total. The molecule has 0 aliphatic carbocycles. The van der Waals surface area contributed by atoms with E-state index in [9.17, 15) is 18.0 Å². The smallest absolute Gasteiger partial charge is 0.244 e. The number of aryl methyl sites for hydroxylation is 1. The molecular weight excluding hydrogens is 597 g/mol. The second-order valence-electron chi connectivity index (χ2n) is 10.2. The molecule has 0 aromatic heterocycles. The molecule has 42 heavy (non-hydrogen) atoms. The van der Waals surface area contributed by atoms with Gasteiger partial charge in [-0.05, 0) is 61.2 Å². The summed E-state index contributed by atoms with van der Waals surface area (Å²) in [6.07, 6.45) is 1.94. The molecule has 1 N–H and O–H groups in total. The van der Waals surface area contributed by atoms with Crippen molar-refractivity contribution < 1.29 is 22.7 Å². The van der Waals surface area contributed by atoms with Gasteiger partial charge in [0.2, 0.25) is 21.8 Å². The fraction of sp³-hybridized carbons (Fsp3) is 0.355. The third-order valence-corrected chi connectivity index (χ3v) is 8.76. The average molecular weight is 635 g/mol. The SMILES string of the molecule is CC[C@H](C)NC(=O)[C@@H](Cc1ccccc1)N(Cc1ccc(Cl)c(Cl)c1)C(=O)CN(c1cc(C)ccc1OC)S(C)(=O)=O.